The number of aliphatic hydroxyl groups excluding tert-OH is 1. The number of hydrogen-bond donors (Lipinski definition) is 1. The van der Waals surface area contributed by atoms with E-state index < -0.39 is 6.10 Å². The maximum absolute atomic E-state index is 13.6. The summed E-state index contributed by atoms with van der Waals surface area (Å²) in [5.41, 5.74) is 2.58. The second kappa shape index (κ2) is 6.53. The fourth-order valence-electron chi connectivity index (χ4n) is 2.31. The van der Waals surface area contributed by atoms with Gasteiger partial charge in [0.25, 0.3) is 0 Å². The highest BCUT2D eigenvalue weighted by molar-refractivity contribution is 5.46. The normalized spacial score (nSPS) is 12.2. The Bertz CT molecular complexity index is 519. The van der Waals surface area contributed by atoms with Crippen LogP contribution in [-0.2, 0) is 0 Å². The molecule has 1 atom stereocenters. The molecule has 0 aliphatic rings. The molecule has 2 aromatic rings. The molecule has 20 heavy (non-hydrogen) atoms. The molecule has 0 fully saturated rings. The SMILES string of the molecule is Cc1ccccc1C(O)CCN(C)c1ccccc1F. The molecule has 0 spiro atoms. The summed E-state index contributed by atoms with van der Waals surface area (Å²) in [5, 5.41) is 10.2. The van der Waals surface area contributed by atoms with Crippen molar-refractivity contribution in [3.05, 3.63) is 65.5 Å². The Morgan fingerprint density at radius 2 is 1.75 bits per heavy atom. The molecular weight excluding hydrogens is 253 g/mol. The van der Waals surface area contributed by atoms with Gasteiger partial charge >= 0.3 is 0 Å². The first-order chi connectivity index (χ1) is 9.59. The zero-order valence-corrected chi connectivity index (χ0v) is 11.9. The van der Waals surface area contributed by atoms with Crippen LogP contribution in [0.4, 0.5) is 10.1 Å². The van der Waals surface area contributed by atoms with Crippen molar-refractivity contribution in [3.8, 4) is 0 Å². The van der Waals surface area contributed by atoms with Crippen LogP contribution in [0.15, 0.2) is 48.5 Å². The van der Waals surface area contributed by atoms with Gasteiger partial charge in [0.15, 0.2) is 0 Å². The summed E-state index contributed by atoms with van der Waals surface area (Å²) < 4.78 is 13.6. The van der Waals surface area contributed by atoms with Crippen molar-refractivity contribution < 1.29 is 9.50 Å². The lowest BCUT2D eigenvalue weighted by Gasteiger charge is -2.22. The van der Waals surface area contributed by atoms with Crippen molar-refractivity contribution in [3.63, 3.8) is 0 Å². The Kier molecular flexibility index (Phi) is 4.74. The van der Waals surface area contributed by atoms with Crippen molar-refractivity contribution in [1.29, 1.82) is 0 Å². The van der Waals surface area contributed by atoms with E-state index in [0.717, 1.165) is 11.1 Å². The third kappa shape index (κ3) is 3.36. The second-order valence-corrected chi connectivity index (χ2v) is 5.03. The predicted molar refractivity (Wildman–Crippen MR) is 80.4 cm³/mol. The van der Waals surface area contributed by atoms with Crippen LogP contribution in [0.3, 0.4) is 0 Å². The molecule has 0 saturated heterocycles. The zero-order chi connectivity index (χ0) is 14.5. The van der Waals surface area contributed by atoms with Crippen molar-refractivity contribution >= 4 is 5.69 Å². The van der Waals surface area contributed by atoms with E-state index in [1.807, 2.05) is 49.2 Å². The molecule has 1 unspecified atom stereocenters. The van der Waals surface area contributed by atoms with E-state index in [1.54, 1.807) is 12.1 Å². The summed E-state index contributed by atoms with van der Waals surface area (Å²) >= 11 is 0. The van der Waals surface area contributed by atoms with Crippen LogP contribution in [0.2, 0.25) is 0 Å². The number of halogens is 1. The molecule has 2 nitrogen and oxygen atoms in total. The summed E-state index contributed by atoms with van der Waals surface area (Å²) in [4.78, 5) is 1.83. The van der Waals surface area contributed by atoms with Crippen LogP contribution in [0.5, 0.6) is 0 Å². The fraction of sp³-hybridized carbons (Fsp3) is 0.294. The first kappa shape index (κ1) is 14.5. The Morgan fingerprint density at radius 3 is 2.45 bits per heavy atom. The van der Waals surface area contributed by atoms with Crippen LogP contribution >= 0.6 is 0 Å². The van der Waals surface area contributed by atoms with Crippen LogP contribution in [-0.4, -0.2) is 18.7 Å². The number of benzene rings is 2. The molecular formula is C17H20FNO. The molecule has 2 rings (SSSR count). The Balaban J connectivity index is 1.99. The van der Waals surface area contributed by atoms with E-state index in [-0.39, 0.29) is 5.82 Å². The van der Waals surface area contributed by atoms with Gasteiger partial charge in [-0.2, -0.15) is 0 Å². The molecule has 0 aromatic heterocycles. The van der Waals surface area contributed by atoms with Gasteiger partial charge in [-0.3, -0.25) is 0 Å². The molecule has 106 valence electrons. The molecule has 0 saturated carbocycles. The molecule has 0 aliphatic heterocycles. The minimum atomic E-state index is -0.523. The van der Waals surface area contributed by atoms with Crippen LogP contribution < -0.4 is 4.90 Å². The van der Waals surface area contributed by atoms with Gasteiger partial charge in [-0.15, -0.1) is 0 Å². The lowest BCUT2D eigenvalue weighted by molar-refractivity contribution is 0.169. The number of hydrogen-bond acceptors (Lipinski definition) is 2. The molecule has 2 aromatic carbocycles. The smallest absolute Gasteiger partial charge is 0.146 e. The molecule has 1 N–H and O–H groups in total. The summed E-state index contributed by atoms with van der Waals surface area (Å²) in [6, 6.07) is 14.5. The van der Waals surface area contributed by atoms with Crippen molar-refractivity contribution in [2.24, 2.45) is 0 Å². The first-order valence-electron chi connectivity index (χ1n) is 6.79. The summed E-state index contributed by atoms with van der Waals surface area (Å²) in [5.74, 6) is -0.236. The Labute approximate surface area is 119 Å². The van der Waals surface area contributed by atoms with Gasteiger partial charge in [0.2, 0.25) is 0 Å². The topological polar surface area (TPSA) is 23.5 Å². The maximum atomic E-state index is 13.6. The lowest BCUT2D eigenvalue weighted by Crippen LogP contribution is -2.21. The van der Waals surface area contributed by atoms with Gasteiger partial charge in [-0.05, 0) is 36.6 Å². The fourth-order valence-corrected chi connectivity index (χ4v) is 2.31. The van der Waals surface area contributed by atoms with Crippen LogP contribution in [0, 0.1) is 12.7 Å². The third-order valence-electron chi connectivity index (χ3n) is 3.55. The standard InChI is InChI=1S/C17H20FNO/c1-13-7-3-4-8-14(13)17(20)11-12-19(2)16-10-6-5-9-15(16)18/h3-10,17,20H,11-12H2,1-2H3. The first-order valence-corrected chi connectivity index (χ1v) is 6.79. The van der Waals surface area contributed by atoms with Crippen LogP contribution in [0.25, 0.3) is 0 Å². The summed E-state index contributed by atoms with van der Waals surface area (Å²) in [6.45, 7) is 2.58. The lowest BCUT2D eigenvalue weighted by atomic mass is 10.0. The second-order valence-electron chi connectivity index (χ2n) is 5.03. The molecule has 0 heterocycles. The quantitative estimate of drug-likeness (QED) is 0.898. The average Bonchev–Trinajstić information content (AvgIpc) is 2.45. The number of aliphatic hydroxyl groups is 1. The molecule has 0 radical (unpaired) electrons. The summed E-state index contributed by atoms with van der Waals surface area (Å²) in [6.07, 6.45) is 0.0424. The highest BCUT2D eigenvalue weighted by atomic mass is 19.1. The minimum Gasteiger partial charge on any atom is -0.388 e. The molecule has 3 heteroatoms. The largest absolute Gasteiger partial charge is 0.388 e. The third-order valence-corrected chi connectivity index (χ3v) is 3.55. The van der Waals surface area contributed by atoms with Gasteiger partial charge < -0.3 is 10.0 Å². The monoisotopic (exact) mass is 273 g/mol. The Morgan fingerprint density at radius 1 is 1.10 bits per heavy atom. The predicted octanol–water partition coefficient (Wildman–Crippen LogP) is 3.69. The number of anilines is 1. The van der Waals surface area contributed by atoms with E-state index in [0.29, 0.717) is 18.7 Å². The van der Waals surface area contributed by atoms with E-state index in [1.165, 1.54) is 6.07 Å². The number of aryl methyl sites for hydroxylation is 1. The number of para-hydroxylation sites is 1. The van der Waals surface area contributed by atoms with E-state index in [2.05, 4.69) is 0 Å². The number of nitrogens with zero attached hydrogens (tertiary/aromatic N) is 1. The Hall–Kier alpha value is -1.87. The van der Waals surface area contributed by atoms with Gasteiger partial charge in [-0.1, -0.05) is 36.4 Å². The van der Waals surface area contributed by atoms with E-state index >= 15 is 0 Å². The van der Waals surface area contributed by atoms with Gasteiger partial charge in [0.1, 0.15) is 5.82 Å². The van der Waals surface area contributed by atoms with E-state index in [9.17, 15) is 9.50 Å². The van der Waals surface area contributed by atoms with Crippen molar-refractivity contribution in [2.75, 3.05) is 18.5 Å². The molecule has 0 amide bonds. The van der Waals surface area contributed by atoms with Gasteiger partial charge in [0, 0.05) is 13.6 Å². The van der Waals surface area contributed by atoms with Gasteiger partial charge in [0.05, 0.1) is 11.8 Å². The van der Waals surface area contributed by atoms with E-state index in [4.69, 9.17) is 0 Å². The highest BCUT2D eigenvalue weighted by Gasteiger charge is 2.12. The summed E-state index contributed by atoms with van der Waals surface area (Å²) in [7, 11) is 1.84. The van der Waals surface area contributed by atoms with Crippen molar-refractivity contribution in [2.45, 2.75) is 19.4 Å². The minimum absolute atomic E-state index is 0.236. The number of rotatable bonds is 5. The molecule has 0 bridgehead atoms. The zero-order valence-electron chi connectivity index (χ0n) is 11.9. The maximum Gasteiger partial charge on any atom is 0.146 e. The molecule has 0 aliphatic carbocycles. The highest BCUT2D eigenvalue weighted by Crippen LogP contribution is 2.22. The van der Waals surface area contributed by atoms with Gasteiger partial charge in [-0.25, -0.2) is 4.39 Å². The van der Waals surface area contributed by atoms with Crippen molar-refractivity contribution in [1.82, 2.24) is 0 Å². The average molecular weight is 273 g/mol. The van der Waals surface area contributed by atoms with Crippen LogP contribution in [0.1, 0.15) is 23.7 Å².